The molecule has 0 saturated heterocycles. The van der Waals surface area contributed by atoms with Gasteiger partial charge < -0.3 is 9.47 Å². The Morgan fingerprint density at radius 1 is 1.29 bits per heavy atom. The van der Waals surface area contributed by atoms with Gasteiger partial charge in [0.25, 0.3) is 0 Å². The van der Waals surface area contributed by atoms with Gasteiger partial charge in [0.2, 0.25) is 0 Å². The Kier molecular flexibility index (Phi) is 4.15. The van der Waals surface area contributed by atoms with Crippen molar-refractivity contribution >= 4 is 11.9 Å². The van der Waals surface area contributed by atoms with E-state index in [1.165, 1.54) is 31.4 Å². The van der Waals surface area contributed by atoms with E-state index < -0.39 is 23.6 Å². The highest BCUT2D eigenvalue weighted by Gasteiger charge is 2.13. The standard InChI is InChI=1S/C10H9NO6/c1-16-9(12)7-3-2-4-8(5-7)10(13)17-6-11(14)15/h2-5H,6H2,1H3. The second-order valence-corrected chi connectivity index (χ2v) is 2.97. The lowest BCUT2D eigenvalue weighted by Gasteiger charge is -2.02. The van der Waals surface area contributed by atoms with Crippen LogP contribution in [0.4, 0.5) is 0 Å². The first kappa shape index (κ1) is 12.6. The number of methoxy groups -OCH3 is 1. The minimum atomic E-state index is -0.915. The summed E-state index contributed by atoms with van der Waals surface area (Å²) in [5, 5.41) is 10.0. The maximum atomic E-state index is 11.3. The van der Waals surface area contributed by atoms with Gasteiger partial charge in [-0.15, -0.1) is 0 Å². The molecule has 0 aliphatic rings. The largest absolute Gasteiger partial charge is 0.465 e. The van der Waals surface area contributed by atoms with Crippen LogP contribution in [0.25, 0.3) is 0 Å². The molecule has 0 aliphatic carbocycles. The zero-order chi connectivity index (χ0) is 12.8. The Bertz CT molecular complexity index is 456. The van der Waals surface area contributed by atoms with Crippen molar-refractivity contribution in [1.29, 1.82) is 0 Å². The summed E-state index contributed by atoms with van der Waals surface area (Å²) in [5.41, 5.74) is 0.220. The van der Waals surface area contributed by atoms with Gasteiger partial charge in [0, 0.05) is 0 Å². The molecule has 7 nitrogen and oxygen atoms in total. The predicted octanol–water partition coefficient (Wildman–Crippen LogP) is 0.864. The quantitative estimate of drug-likeness (QED) is 0.334. The van der Waals surface area contributed by atoms with Gasteiger partial charge in [0.1, 0.15) is 0 Å². The zero-order valence-corrected chi connectivity index (χ0v) is 8.91. The van der Waals surface area contributed by atoms with Crippen LogP contribution in [0.1, 0.15) is 20.7 Å². The monoisotopic (exact) mass is 239 g/mol. The van der Waals surface area contributed by atoms with E-state index in [0.717, 1.165) is 0 Å². The number of hydrogen-bond donors (Lipinski definition) is 0. The van der Waals surface area contributed by atoms with Crippen molar-refractivity contribution in [3.63, 3.8) is 0 Å². The number of nitrogens with zero attached hydrogens (tertiary/aromatic N) is 1. The van der Waals surface area contributed by atoms with E-state index in [4.69, 9.17) is 0 Å². The molecule has 0 unspecified atom stereocenters. The Hall–Kier alpha value is -2.44. The van der Waals surface area contributed by atoms with Crippen molar-refractivity contribution in [2.75, 3.05) is 13.8 Å². The lowest BCUT2D eigenvalue weighted by atomic mass is 10.1. The molecule has 7 heteroatoms. The molecule has 17 heavy (non-hydrogen) atoms. The van der Waals surface area contributed by atoms with Gasteiger partial charge in [-0.1, -0.05) is 6.07 Å². The van der Waals surface area contributed by atoms with Crippen molar-refractivity contribution in [3.05, 3.63) is 45.5 Å². The normalized spacial score (nSPS) is 9.47. The molecule has 1 aromatic carbocycles. The first-order chi connectivity index (χ1) is 8.04. The van der Waals surface area contributed by atoms with Crippen LogP contribution in [-0.2, 0) is 9.47 Å². The molecule has 0 spiro atoms. The second-order valence-electron chi connectivity index (χ2n) is 2.97. The number of hydrogen-bond acceptors (Lipinski definition) is 6. The molecule has 0 saturated carbocycles. The summed E-state index contributed by atoms with van der Waals surface area (Å²) < 4.78 is 8.84. The van der Waals surface area contributed by atoms with Crippen LogP contribution < -0.4 is 0 Å². The van der Waals surface area contributed by atoms with Crippen molar-refractivity contribution < 1.29 is 24.0 Å². The highest BCUT2D eigenvalue weighted by atomic mass is 16.7. The summed E-state index contributed by atoms with van der Waals surface area (Å²) in [6, 6.07) is 5.54. The van der Waals surface area contributed by atoms with Crippen LogP contribution >= 0.6 is 0 Å². The molecule has 0 bridgehead atoms. The molecule has 0 fully saturated rings. The SMILES string of the molecule is COC(=O)c1cccc(C(=O)OC[N+](=O)[O-])c1. The van der Waals surface area contributed by atoms with Crippen LogP contribution in [0.3, 0.4) is 0 Å². The van der Waals surface area contributed by atoms with Gasteiger partial charge in [-0.25, -0.2) is 9.59 Å². The molecule has 0 amide bonds. The summed E-state index contributed by atoms with van der Waals surface area (Å²) in [5.74, 6) is -1.47. The van der Waals surface area contributed by atoms with Crippen LogP contribution in [0.15, 0.2) is 24.3 Å². The minimum Gasteiger partial charge on any atom is -0.465 e. The van der Waals surface area contributed by atoms with Crippen molar-refractivity contribution in [1.82, 2.24) is 0 Å². The maximum absolute atomic E-state index is 11.3. The summed E-state index contributed by atoms with van der Waals surface area (Å²) in [6.07, 6.45) is 0. The van der Waals surface area contributed by atoms with Crippen molar-refractivity contribution in [2.45, 2.75) is 0 Å². The fourth-order valence-corrected chi connectivity index (χ4v) is 1.09. The average Bonchev–Trinajstić information content (AvgIpc) is 2.35. The Morgan fingerprint density at radius 2 is 1.88 bits per heavy atom. The van der Waals surface area contributed by atoms with E-state index in [2.05, 4.69) is 9.47 Å². The Balaban J connectivity index is 2.80. The Labute approximate surface area is 96.1 Å². The molecule has 90 valence electrons. The number of esters is 2. The van der Waals surface area contributed by atoms with Crippen LogP contribution in [0, 0.1) is 10.1 Å². The molecule has 1 aromatic rings. The molecule has 0 heterocycles. The lowest BCUT2D eigenvalue weighted by molar-refractivity contribution is -0.517. The topological polar surface area (TPSA) is 95.7 Å². The predicted molar refractivity (Wildman–Crippen MR) is 55.1 cm³/mol. The number of ether oxygens (including phenoxy) is 2. The third-order valence-corrected chi connectivity index (χ3v) is 1.82. The van der Waals surface area contributed by atoms with Gasteiger partial charge >= 0.3 is 18.7 Å². The van der Waals surface area contributed by atoms with Gasteiger partial charge in [0.15, 0.2) is 0 Å². The summed E-state index contributed by atoms with van der Waals surface area (Å²) in [6.45, 7) is -0.915. The lowest BCUT2D eigenvalue weighted by Crippen LogP contribution is -2.13. The third-order valence-electron chi connectivity index (χ3n) is 1.82. The fraction of sp³-hybridized carbons (Fsp3) is 0.200. The van der Waals surface area contributed by atoms with Crippen LogP contribution in [0.2, 0.25) is 0 Å². The Morgan fingerprint density at radius 3 is 2.41 bits per heavy atom. The molecule has 0 radical (unpaired) electrons. The van der Waals surface area contributed by atoms with E-state index in [1.807, 2.05) is 0 Å². The number of rotatable bonds is 4. The van der Waals surface area contributed by atoms with Gasteiger partial charge in [-0.2, -0.15) is 0 Å². The third kappa shape index (κ3) is 3.56. The van der Waals surface area contributed by atoms with E-state index >= 15 is 0 Å². The molecule has 1 rings (SSSR count). The van der Waals surface area contributed by atoms with Gasteiger partial charge in [0.05, 0.1) is 23.2 Å². The van der Waals surface area contributed by atoms with E-state index in [1.54, 1.807) is 0 Å². The summed E-state index contributed by atoms with van der Waals surface area (Å²) in [4.78, 5) is 31.7. The number of benzene rings is 1. The second kappa shape index (κ2) is 5.59. The number of nitro groups is 1. The van der Waals surface area contributed by atoms with Crippen molar-refractivity contribution in [2.24, 2.45) is 0 Å². The van der Waals surface area contributed by atoms with Crippen molar-refractivity contribution in [3.8, 4) is 0 Å². The molecule has 0 aliphatic heterocycles. The van der Waals surface area contributed by atoms with Crippen LogP contribution in [-0.4, -0.2) is 30.7 Å². The molecular formula is C10H9NO6. The number of carbonyl (C=O) groups is 2. The van der Waals surface area contributed by atoms with E-state index in [-0.39, 0.29) is 11.1 Å². The zero-order valence-electron chi connectivity index (χ0n) is 8.91. The minimum absolute atomic E-state index is 0.0507. The summed E-state index contributed by atoms with van der Waals surface area (Å²) in [7, 11) is 1.21. The maximum Gasteiger partial charge on any atom is 0.347 e. The summed E-state index contributed by atoms with van der Waals surface area (Å²) >= 11 is 0. The highest BCUT2D eigenvalue weighted by molar-refractivity contribution is 5.95. The van der Waals surface area contributed by atoms with Gasteiger partial charge in [-0.3, -0.25) is 10.1 Å². The number of carbonyl (C=O) groups excluding carboxylic acids is 2. The molecule has 0 N–H and O–H groups in total. The van der Waals surface area contributed by atoms with Crippen LogP contribution in [0.5, 0.6) is 0 Å². The van der Waals surface area contributed by atoms with E-state index in [9.17, 15) is 19.7 Å². The molecule has 0 aromatic heterocycles. The van der Waals surface area contributed by atoms with Gasteiger partial charge in [-0.05, 0) is 18.2 Å². The molecule has 0 atom stereocenters. The first-order valence-electron chi connectivity index (χ1n) is 4.52. The average molecular weight is 239 g/mol. The highest BCUT2D eigenvalue weighted by Crippen LogP contribution is 2.08. The molecular weight excluding hydrogens is 230 g/mol. The van der Waals surface area contributed by atoms with E-state index in [0.29, 0.717) is 0 Å². The smallest absolute Gasteiger partial charge is 0.347 e. The first-order valence-corrected chi connectivity index (χ1v) is 4.52. The fourth-order valence-electron chi connectivity index (χ4n) is 1.09.